The summed E-state index contributed by atoms with van der Waals surface area (Å²) in [5, 5.41) is 4.74. The van der Waals surface area contributed by atoms with Gasteiger partial charge in [0.1, 0.15) is 6.04 Å². The molecule has 0 unspecified atom stereocenters. The predicted molar refractivity (Wildman–Crippen MR) is 57.9 cm³/mol. The number of esters is 1. The highest BCUT2D eigenvalue weighted by Crippen LogP contribution is 2.18. The van der Waals surface area contributed by atoms with Crippen LogP contribution in [0.4, 0.5) is 0 Å². The maximum atomic E-state index is 11.6. The van der Waals surface area contributed by atoms with Crippen LogP contribution in [0.25, 0.3) is 0 Å². The molecular formula is C10H15ClN2O2. The highest BCUT2D eigenvalue weighted by Gasteiger charge is 2.21. The first-order valence-electron chi connectivity index (χ1n) is 4.98. The van der Waals surface area contributed by atoms with Gasteiger partial charge in [0.05, 0.1) is 17.3 Å². The second-order valence-electron chi connectivity index (χ2n) is 3.22. The summed E-state index contributed by atoms with van der Waals surface area (Å²) in [5.74, 6) is -0.265. The molecule has 0 saturated heterocycles. The Morgan fingerprint density at radius 2 is 2.33 bits per heavy atom. The lowest BCUT2D eigenvalue weighted by atomic mass is 10.2. The summed E-state index contributed by atoms with van der Waals surface area (Å²) in [5.41, 5.74) is 0.722. The van der Waals surface area contributed by atoms with E-state index in [0.717, 1.165) is 5.69 Å². The van der Waals surface area contributed by atoms with Crippen LogP contribution in [0.5, 0.6) is 0 Å². The number of aromatic nitrogens is 2. The van der Waals surface area contributed by atoms with E-state index in [9.17, 15) is 4.79 Å². The minimum Gasteiger partial charge on any atom is -0.464 e. The third kappa shape index (κ3) is 2.72. The molecule has 0 aliphatic rings. The lowest BCUT2D eigenvalue weighted by Crippen LogP contribution is -2.21. The van der Waals surface area contributed by atoms with Crippen molar-refractivity contribution in [3.8, 4) is 0 Å². The molecule has 0 amide bonds. The van der Waals surface area contributed by atoms with Crippen molar-refractivity contribution in [2.24, 2.45) is 0 Å². The monoisotopic (exact) mass is 230 g/mol. The van der Waals surface area contributed by atoms with Gasteiger partial charge in [-0.15, -0.1) is 0 Å². The Labute approximate surface area is 94.2 Å². The fourth-order valence-corrected chi connectivity index (χ4v) is 1.46. The van der Waals surface area contributed by atoms with Crippen molar-refractivity contribution in [3.05, 3.63) is 16.9 Å². The molecule has 0 aliphatic heterocycles. The van der Waals surface area contributed by atoms with Crippen molar-refractivity contribution in [2.45, 2.75) is 33.2 Å². The third-order valence-electron chi connectivity index (χ3n) is 2.12. The Kier molecular flexibility index (Phi) is 4.15. The van der Waals surface area contributed by atoms with Crippen LogP contribution in [0.1, 0.15) is 32.0 Å². The zero-order valence-corrected chi connectivity index (χ0v) is 9.91. The summed E-state index contributed by atoms with van der Waals surface area (Å²) in [6, 6.07) is -0.379. The Balaban J connectivity index is 2.87. The molecule has 1 aromatic rings. The van der Waals surface area contributed by atoms with Gasteiger partial charge < -0.3 is 4.74 Å². The van der Waals surface area contributed by atoms with Gasteiger partial charge in [-0.1, -0.05) is 18.5 Å². The van der Waals surface area contributed by atoms with Crippen LogP contribution in [0.2, 0.25) is 5.02 Å². The van der Waals surface area contributed by atoms with Gasteiger partial charge in [0.2, 0.25) is 0 Å². The average molecular weight is 231 g/mol. The fraction of sp³-hybridized carbons (Fsp3) is 0.600. The Hall–Kier alpha value is -1.03. The normalized spacial score (nSPS) is 12.5. The lowest BCUT2D eigenvalue weighted by Gasteiger charge is -2.13. The van der Waals surface area contributed by atoms with Gasteiger partial charge in [0.15, 0.2) is 0 Å². The third-order valence-corrected chi connectivity index (χ3v) is 2.49. The predicted octanol–water partition coefficient (Wildman–Crippen LogP) is 2.36. The molecule has 5 heteroatoms. The number of hydrogen-bond acceptors (Lipinski definition) is 3. The number of halogens is 1. The Morgan fingerprint density at radius 1 is 1.67 bits per heavy atom. The van der Waals surface area contributed by atoms with E-state index < -0.39 is 0 Å². The highest BCUT2D eigenvalue weighted by molar-refractivity contribution is 6.31. The zero-order chi connectivity index (χ0) is 11.4. The van der Waals surface area contributed by atoms with Crippen LogP contribution < -0.4 is 0 Å². The molecule has 0 saturated carbocycles. The van der Waals surface area contributed by atoms with Crippen LogP contribution in [0.15, 0.2) is 6.20 Å². The SMILES string of the molecule is CCOC(=O)[C@H](CC)n1cc(Cl)c(C)n1. The van der Waals surface area contributed by atoms with Gasteiger partial charge in [-0.25, -0.2) is 4.79 Å². The van der Waals surface area contributed by atoms with Crippen molar-refractivity contribution in [1.29, 1.82) is 0 Å². The molecule has 1 aromatic heterocycles. The molecule has 0 N–H and O–H groups in total. The van der Waals surface area contributed by atoms with E-state index in [1.807, 2.05) is 6.92 Å². The molecule has 1 heterocycles. The molecule has 0 aliphatic carbocycles. The molecule has 84 valence electrons. The summed E-state index contributed by atoms with van der Waals surface area (Å²) >= 11 is 5.88. The van der Waals surface area contributed by atoms with Gasteiger partial charge in [-0.2, -0.15) is 5.10 Å². The lowest BCUT2D eigenvalue weighted by molar-refractivity contribution is -0.147. The molecule has 0 aromatic carbocycles. The van der Waals surface area contributed by atoms with Gasteiger partial charge in [0, 0.05) is 6.20 Å². The quantitative estimate of drug-likeness (QED) is 0.746. The van der Waals surface area contributed by atoms with E-state index in [2.05, 4.69) is 5.10 Å². The van der Waals surface area contributed by atoms with Crippen molar-refractivity contribution in [1.82, 2.24) is 9.78 Å². The molecule has 0 radical (unpaired) electrons. The van der Waals surface area contributed by atoms with E-state index in [-0.39, 0.29) is 12.0 Å². The van der Waals surface area contributed by atoms with Crippen molar-refractivity contribution >= 4 is 17.6 Å². The molecule has 1 rings (SSSR count). The highest BCUT2D eigenvalue weighted by atomic mass is 35.5. The maximum absolute atomic E-state index is 11.6. The van der Waals surface area contributed by atoms with Gasteiger partial charge >= 0.3 is 5.97 Å². The fourth-order valence-electron chi connectivity index (χ4n) is 1.32. The smallest absolute Gasteiger partial charge is 0.330 e. The maximum Gasteiger partial charge on any atom is 0.330 e. The first-order chi connectivity index (χ1) is 7.10. The van der Waals surface area contributed by atoms with Crippen molar-refractivity contribution in [2.75, 3.05) is 6.61 Å². The summed E-state index contributed by atoms with van der Waals surface area (Å²) < 4.78 is 6.52. The number of hydrogen-bond donors (Lipinski definition) is 0. The molecule has 0 fully saturated rings. The largest absolute Gasteiger partial charge is 0.464 e. The zero-order valence-electron chi connectivity index (χ0n) is 9.16. The Morgan fingerprint density at radius 3 is 2.73 bits per heavy atom. The standard InChI is InChI=1S/C10H15ClN2O2/c1-4-9(10(14)15-5-2)13-6-8(11)7(3)12-13/h6,9H,4-5H2,1-3H3/t9-/m0/s1. The van der Waals surface area contributed by atoms with Gasteiger partial charge in [-0.3, -0.25) is 4.68 Å². The number of aryl methyl sites for hydroxylation is 1. The number of carbonyl (C=O) groups is 1. The second kappa shape index (κ2) is 5.16. The van der Waals surface area contributed by atoms with Crippen molar-refractivity contribution in [3.63, 3.8) is 0 Å². The number of nitrogens with zero attached hydrogens (tertiary/aromatic N) is 2. The average Bonchev–Trinajstić information content (AvgIpc) is 2.48. The van der Waals surface area contributed by atoms with E-state index in [1.165, 1.54) is 0 Å². The van der Waals surface area contributed by atoms with E-state index in [1.54, 1.807) is 24.7 Å². The molecular weight excluding hydrogens is 216 g/mol. The van der Waals surface area contributed by atoms with Crippen LogP contribution in [-0.4, -0.2) is 22.4 Å². The molecule has 15 heavy (non-hydrogen) atoms. The van der Waals surface area contributed by atoms with E-state index in [0.29, 0.717) is 18.1 Å². The summed E-state index contributed by atoms with van der Waals surface area (Å²) in [6.07, 6.45) is 2.29. The van der Waals surface area contributed by atoms with Crippen LogP contribution in [0, 0.1) is 6.92 Å². The number of carbonyl (C=O) groups excluding carboxylic acids is 1. The molecule has 1 atom stereocenters. The van der Waals surface area contributed by atoms with Gasteiger partial charge in [-0.05, 0) is 20.3 Å². The summed E-state index contributed by atoms with van der Waals surface area (Å²) in [6.45, 7) is 5.87. The van der Waals surface area contributed by atoms with E-state index >= 15 is 0 Å². The molecule has 0 bridgehead atoms. The minimum atomic E-state index is -0.379. The number of ether oxygens (including phenoxy) is 1. The second-order valence-corrected chi connectivity index (χ2v) is 3.63. The van der Waals surface area contributed by atoms with Crippen LogP contribution >= 0.6 is 11.6 Å². The molecule has 0 spiro atoms. The van der Waals surface area contributed by atoms with E-state index in [4.69, 9.17) is 16.3 Å². The summed E-state index contributed by atoms with van der Waals surface area (Å²) in [4.78, 5) is 11.6. The first-order valence-corrected chi connectivity index (χ1v) is 5.35. The van der Waals surface area contributed by atoms with Crippen molar-refractivity contribution < 1.29 is 9.53 Å². The van der Waals surface area contributed by atoms with Crippen LogP contribution in [0.3, 0.4) is 0 Å². The molecule has 4 nitrogen and oxygen atoms in total. The van der Waals surface area contributed by atoms with Crippen LogP contribution in [-0.2, 0) is 9.53 Å². The first kappa shape index (κ1) is 12.0. The minimum absolute atomic E-state index is 0.265. The topological polar surface area (TPSA) is 44.1 Å². The number of rotatable bonds is 4. The van der Waals surface area contributed by atoms with Gasteiger partial charge in [0.25, 0.3) is 0 Å². The summed E-state index contributed by atoms with van der Waals surface area (Å²) in [7, 11) is 0. The Bertz CT molecular complexity index is 330.